The summed E-state index contributed by atoms with van der Waals surface area (Å²) in [4.78, 5) is 24.0. The van der Waals surface area contributed by atoms with Gasteiger partial charge in [-0.2, -0.15) is 0 Å². The first-order chi connectivity index (χ1) is 10.7. The third-order valence-corrected chi connectivity index (χ3v) is 4.69. The molecule has 2 aliphatic rings. The van der Waals surface area contributed by atoms with Crippen LogP contribution < -0.4 is 16.2 Å². The zero-order valence-electron chi connectivity index (χ0n) is 12.7. The maximum Gasteiger partial charge on any atom is 0.220 e. The number of rotatable bonds is 5. The lowest BCUT2D eigenvalue weighted by Gasteiger charge is -2.31. The number of Topliss-reactive ketones (excluding diaryl/α,β-unsaturated/α-hetero) is 1. The van der Waals surface area contributed by atoms with Gasteiger partial charge in [-0.05, 0) is 25.2 Å². The van der Waals surface area contributed by atoms with Crippen LogP contribution >= 0.6 is 0 Å². The Kier molecular flexibility index (Phi) is 4.85. The van der Waals surface area contributed by atoms with Gasteiger partial charge >= 0.3 is 0 Å². The van der Waals surface area contributed by atoms with Crippen LogP contribution in [0.2, 0.25) is 0 Å². The molecule has 3 N–H and O–H groups in total. The summed E-state index contributed by atoms with van der Waals surface area (Å²) in [5.41, 5.74) is 7.14. The molecule has 118 valence electrons. The lowest BCUT2D eigenvalue weighted by Crippen LogP contribution is -2.45. The van der Waals surface area contributed by atoms with E-state index < -0.39 is 0 Å². The van der Waals surface area contributed by atoms with Crippen molar-refractivity contribution in [2.24, 2.45) is 5.92 Å². The van der Waals surface area contributed by atoms with Crippen molar-refractivity contribution >= 4 is 11.7 Å². The molecule has 1 amide bonds. The maximum absolute atomic E-state index is 12.0. The van der Waals surface area contributed by atoms with Crippen LogP contribution in [0.15, 0.2) is 30.3 Å². The van der Waals surface area contributed by atoms with Gasteiger partial charge in [0, 0.05) is 37.0 Å². The topological polar surface area (TPSA) is 70.2 Å². The number of benzene rings is 1. The minimum atomic E-state index is -0.0151. The molecular weight excluding hydrogens is 278 g/mol. The molecule has 1 aromatic carbocycles. The lowest BCUT2D eigenvalue weighted by atomic mass is 9.83. The number of amides is 1. The summed E-state index contributed by atoms with van der Waals surface area (Å²) in [6, 6.07) is 9.84. The van der Waals surface area contributed by atoms with E-state index in [1.807, 2.05) is 18.2 Å². The van der Waals surface area contributed by atoms with Crippen molar-refractivity contribution in [3.05, 3.63) is 35.9 Å². The van der Waals surface area contributed by atoms with Crippen molar-refractivity contribution in [2.45, 2.75) is 44.2 Å². The Hall–Kier alpha value is -1.72. The van der Waals surface area contributed by atoms with Gasteiger partial charge in [-0.25, -0.2) is 0 Å². The Morgan fingerprint density at radius 2 is 1.95 bits per heavy atom. The van der Waals surface area contributed by atoms with Crippen LogP contribution in [0.5, 0.6) is 0 Å². The zero-order valence-corrected chi connectivity index (χ0v) is 12.7. The Morgan fingerprint density at radius 3 is 2.77 bits per heavy atom. The van der Waals surface area contributed by atoms with E-state index in [-0.39, 0.29) is 30.6 Å². The SMILES string of the molecule is O=C(CCC(=O)c1ccccc1)NC1CCC2CNNC2C1. The molecule has 1 saturated heterocycles. The second-order valence-electron chi connectivity index (χ2n) is 6.26. The molecule has 1 aliphatic heterocycles. The maximum atomic E-state index is 12.0. The predicted molar refractivity (Wildman–Crippen MR) is 84.2 cm³/mol. The number of hydrogen-bond acceptors (Lipinski definition) is 4. The van der Waals surface area contributed by atoms with E-state index in [2.05, 4.69) is 16.2 Å². The molecule has 1 heterocycles. The van der Waals surface area contributed by atoms with E-state index in [4.69, 9.17) is 0 Å². The summed E-state index contributed by atoms with van der Waals surface area (Å²) >= 11 is 0. The monoisotopic (exact) mass is 301 g/mol. The predicted octanol–water partition coefficient (Wildman–Crippen LogP) is 1.41. The molecule has 1 saturated carbocycles. The Labute approximate surface area is 130 Å². The van der Waals surface area contributed by atoms with Crippen LogP contribution in [0, 0.1) is 5.92 Å². The molecule has 22 heavy (non-hydrogen) atoms. The largest absolute Gasteiger partial charge is 0.353 e. The molecule has 3 unspecified atom stereocenters. The molecule has 0 bridgehead atoms. The van der Waals surface area contributed by atoms with Gasteiger partial charge in [0.1, 0.15) is 0 Å². The molecule has 5 heteroatoms. The van der Waals surface area contributed by atoms with Crippen LogP contribution in [0.4, 0.5) is 0 Å². The average Bonchev–Trinajstić information content (AvgIpc) is 3.01. The Balaban J connectivity index is 1.42. The quantitative estimate of drug-likeness (QED) is 0.719. The second kappa shape index (κ2) is 7.03. The lowest BCUT2D eigenvalue weighted by molar-refractivity contribution is -0.122. The first-order valence-electron chi connectivity index (χ1n) is 8.08. The highest BCUT2D eigenvalue weighted by Gasteiger charge is 2.34. The van der Waals surface area contributed by atoms with Gasteiger partial charge in [-0.1, -0.05) is 30.3 Å². The first-order valence-corrected chi connectivity index (χ1v) is 8.08. The van der Waals surface area contributed by atoms with Crippen LogP contribution in [-0.4, -0.2) is 30.3 Å². The molecule has 2 fully saturated rings. The van der Waals surface area contributed by atoms with Gasteiger partial charge in [0.15, 0.2) is 5.78 Å². The van der Waals surface area contributed by atoms with Crippen molar-refractivity contribution < 1.29 is 9.59 Å². The number of hydrazine groups is 1. The summed E-state index contributed by atoms with van der Waals surface area (Å²) in [6.45, 7) is 1.02. The Bertz CT molecular complexity index is 532. The van der Waals surface area contributed by atoms with E-state index in [0.717, 1.165) is 25.8 Å². The Morgan fingerprint density at radius 1 is 1.14 bits per heavy atom. The van der Waals surface area contributed by atoms with Crippen LogP contribution in [-0.2, 0) is 4.79 Å². The van der Waals surface area contributed by atoms with E-state index in [0.29, 0.717) is 17.5 Å². The highest BCUT2D eigenvalue weighted by Crippen LogP contribution is 2.26. The second-order valence-corrected chi connectivity index (χ2v) is 6.26. The first kappa shape index (κ1) is 15.2. The fourth-order valence-electron chi connectivity index (χ4n) is 3.40. The van der Waals surface area contributed by atoms with Gasteiger partial charge in [0.25, 0.3) is 0 Å². The number of carbonyl (C=O) groups excluding carboxylic acids is 2. The van der Waals surface area contributed by atoms with E-state index in [1.165, 1.54) is 0 Å². The molecule has 3 rings (SSSR count). The van der Waals surface area contributed by atoms with E-state index in [1.54, 1.807) is 12.1 Å². The average molecular weight is 301 g/mol. The van der Waals surface area contributed by atoms with E-state index in [9.17, 15) is 9.59 Å². The minimum Gasteiger partial charge on any atom is -0.353 e. The summed E-state index contributed by atoms with van der Waals surface area (Å²) in [6.07, 6.45) is 3.68. The molecule has 1 aliphatic carbocycles. The van der Waals surface area contributed by atoms with E-state index >= 15 is 0 Å². The van der Waals surface area contributed by atoms with Crippen LogP contribution in [0.1, 0.15) is 42.5 Å². The van der Waals surface area contributed by atoms with Crippen LogP contribution in [0.3, 0.4) is 0 Å². The van der Waals surface area contributed by atoms with Gasteiger partial charge in [0.2, 0.25) is 5.91 Å². The van der Waals surface area contributed by atoms with Gasteiger partial charge in [-0.15, -0.1) is 0 Å². The summed E-state index contributed by atoms with van der Waals surface area (Å²) in [5.74, 6) is 0.701. The van der Waals surface area contributed by atoms with Gasteiger partial charge < -0.3 is 5.32 Å². The number of ketones is 1. The third-order valence-electron chi connectivity index (χ3n) is 4.69. The number of fused-ring (bicyclic) bond motifs is 1. The van der Waals surface area contributed by atoms with Crippen LogP contribution in [0.25, 0.3) is 0 Å². The highest BCUT2D eigenvalue weighted by atomic mass is 16.2. The summed E-state index contributed by atoms with van der Waals surface area (Å²) in [5, 5.41) is 3.08. The van der Waals surface area contributed by atoms with Crippen molar-refractivity contribution in [1.29, 1.82) is 0 Å². The molecule has 0 radical (unpaired) electrons. The normalized spacial score (nSPS) is 27.2. The zero-order chi connectivity index (χ0) is 15.4. The summed E-state index contributed by atoms with van der Waals surface area (Å²) < 4.78 is 0. The van der Waals surface area contributed by atoms with Crippen molar-refractivity contribution in [3.63, 3.8) is 0 Å². The van der Waals surface area contributed by atoms with Crippen molar-refractivity contribution in [3.8, 4) is 0 Å². The standard InChI is InChI=1S/C17H23N3O2/c21-16(12-4-2-1-3-5-12)8-9-17(22)19-14-7-6-13-11-18-20-15(13)10-14/h1-5,13-15,18,20H,6-11H2,(H,19,22). The molecule has 1 aromatic rings. The number of carbonyl (C=O) groups is 2. The molecule has 3 atom stereocenters. The van der Waals surface area contributed by atoms with Gasteiger partial charge in [-0.3, -0.25) is 20.4 Å². The van der Waals surface area contributed by atoms with Crippen molar-refractivity contribution in [2.75, 3.05) is 6.54 Å². The van der Waals surface area contributed by atoms with Gasteiger partial charge in [0.05, 0.1) is 0 Å². The number of hydrogen-bond donors (Lipinski definition) is 3. The smallest absolute Gasteiger partial charge is 0.220 e. The number of nitrogens with one attached hydrogen (secondary N) is 3. The molecular formula is C17H23N3O2. The molecule has 0 spiro atoms. The fraction of sp³-hybridized carbons (Fsp3) is 0.529. The fourth-order valence-corrected chi connectivity index (χ4v) is 3.40. The molecule has 5 nitrogen and oxygen atoms in total. The summed E-state index contributed by atoms with van der Waals surface area (Å²) in [7, 11) is 0. The van der Waals surface area contributed by atoms with Crippen molar-refractivity contribution in [1.82, 2.24) is 16.2 Å². The molecule has 0 aromatic heterocycles. The highest BCUT2D eigenvalue weighted by molar-refractivity contribution is 5.97. The third kappa shape index (κ3) is 3.72. The minimum absolute atomic E-state index is 0.0151.